The minimum Gasteiger partial charge on any atom is -0.354 e. The number of hydrogen-bond donors (Lipinski definition) is 1. The van der Waals surface area contributed by atoms with Gasteiger partial charge in [0.25, 0.3) is 0 Å². The van der Waals surface area contributed by atoms with Gasteiger partial charge in [-0.3, -0.25) is 4.79 Å². The summed E-state index contributed by atoms with van der Waals surface area (Å²) in [4.78, 5) is 23.1. The third-order valence-electron chi connectivity index (χ3n) is 4.94. The lowest BCUT2D eigenvalue weighted by Crippen LogP contribution is -2.39. The van der Waals surface area contributed by atoms with E-state index in [4.69, 9.17) is 11.6 Å². The monoisotopic (exact) mass is 458 g/mol. The predicted molar refractivity (Wildman–Crippen MR) is 113 cm³/mol. The number of rotatable bonds is 6. The molecule has 1 fully saturated rings. The van der Waals surface area contributed by atoms with Crippen molar-refractivity contribution >= 4 is 40.8 Å². The van der Waals surface area contributed by atoms with E-state index < -0.39 is 17.6 Å². The Morgan fingerprint density at radius 2 is 2.10 bits per heavy atom. The van der Waals surface area contributed by atoms with Crippen molar-refractivity contribution in [3.8, 4) is 0 Å². The third kappa shape index (κ3) is 5.78. The van der Waals surface area contributed by atoms with Gasteiger partial charge < -0.3 is 10.2 Å². The molecule has 0 radical (unpaired) electrons. The minimum absolute atomic E-state index is 0.0137. The number of amides is 1. The molecule has 1 aromatic carbocycles. The van der Waals surface area contributed by atoms with Crippen molar-refractivity contribution in [3.63, 3.8) is 0 Å². The molecule has 1 N–H and O–H groups in total. The van der Waals surface area contributed by atoms with E-state index in [0.29, 0.717) is 11.1 Å². The van der Waals surface area contributed by atoms with Gasteiger partial charge in [-0.25, -0.2) is 9.97 Å². The quantitative estimate of drug-likeness (QED) is 0.448. The van der Waals surface area contributed by atoms with Crippen LogP contribution in [-0.2, 0) is 11.0 Å². The number of carbonyl (C=O) groups is 1. The van der Waals surface area contributed by atoms with Gasteiger partial charge >= 0.3 is 6.18 Å². The summed E-state index contributed by atoms with van der Waals surface area (Å²) < 4.78 is 38.6. The van der Waals surface area contributed by atoms with Crippen LogP contribution < -0.4 is 10.2 Å². The molecule has 2 heterocycles. The normalized spacial score (nSPS) is 17.1. The topological polar surface area (TPSA) is 58.1 Å². The van der Waals surface area contributed by atoms with Gasteiger partial charge in [-0.1, -0.05) is 30.3 Å². The highest BCUT2D eigenvalue weighted by Crippen LogP contribution is 2.34. The molecule has 2 aromatic rings. The Hall–Kier alpha value is -2.00. The number of benzene rings is 1. The maximum Gasteiger partial charge on any atom is 0.416 e. The Kier molecular flexibility index (Phi) is 7.46. The molecule has 1 saturated heterocycles. The van der Waals surface area contributed by atoms with Crippen molar-refractivity contribution in [2.24, 2.45) is 0 Å². The van der Waals surface area contributed by atoms with Crippen molar-refractivity contribution in [2.45, 2.75) is 49.9 Å². The number of aromatic nitrogens is 2. The lowest BCUT2D eigenvalue weighted by Gasteiger charge is -2.36. The first-order valence-electron chi connectivity index (χ1n) is 9.66. The second kappa shape index (κ2) is 9.87. The van der Waals surface area contributed by atoms with Crippen molar-refractivity contribution in [3.05, 3.63) is 41.2 Å². The molecule has 1 unspecified atom stereocenters. The van der Waals surface area contributed by atoms with Crippen molar-refractivity contribution in [2.75, 3.05) is 22.5 Å². The zero-order valence-corrected chi connectivity index (χ0v) is 17.9. The second-order valence-corrected chi connectivity index (χ2v) is 8.40. The van der Waals surface area contributed by atoms with E-state index in [1.165, 1.54) is 24.5 Å². The summed E-state index contributed by atoms with van der Waals surface area (Å²) >= 11 is 7.12. The number of thioether (sulfide) groups is 1. The fourth-order valence-corrected chi connectivity index (χ4v) is 4.24. The van der Waals surface area contributed by atoms with Gasteiger partial charge in [-0.05, 0) is 43.9 Å². The fraction of sp³-hybridized carbons (Fsp3) is 0.450. The zero-order valence-electron chi connectivity index (χ0n) is 16.4. The lowest BCUT2D eigenvalue weighted by atomic mass is 10.0. The van der Waals surface area contributed by atoms with Crippen LogP contribution in [0.25, 0.3) is 0 Å². The number of alkyl halides is 3. The molecule has 1 aliphatic rings. The Morgan fingerprint density at radius 3 is 2.83 bits per heavy atom. The summed E-state index contributed by atoms with van der Waals surface area (Å²) in [6.45, 7) is 3.09. The van der Waals surface area contributed by atoms with Gasteiger partial charge in [0.1, 0.15) is 17.2 Å². The van der Waals surface area contributed by atoms with E-state index in [0.717, 1.165) is 49.8 Å². The maximum atomic E-state index is 12.9. The number of halogens is 4. The average molecular weight is 459 g/mol. The van der Waals surface area contributed by atoms with Crippen LogP contribution in [0.15, 0.2) is 35.6 Å². The summed E-state index contributed by atoms with van der Waals surface area (Å²) in [7, 11) is 0. The first-order valence-corrected chi connectivity index (χ1v) is 11.0. The molecule has 162 valence electrons. The van der Waals surface area contributed by atoms with Crippen LogP contribution in [0.4, 0.5) is 24.7 Å². The van der Waals surface area contributed by atoms with Crippen LogP contribution in [0.1, 0.15) is 38.2 Å². The fourth-order valence-electron chi connectivity index (χ4n) is 3.42. The molecular formula is C20H22ClF3N4OS. The van der Waals surface area contributed by atoms with E-state index in [1.54, 1.807) is 0 Å². The molecule has 5 nitrogen and oxygen atoms in total. The van der Waals surface area contributed by atoms with Gasteiger partial charge in [0.05, 0.1) is 22.0 Å². The van der Waals surface area contributed by atoms with Crippen LogP contribution in [0.2, 0.25) is 5.02 Å². The van der Waals surface area contributed by atoms with E-state index in [-0.39, 0.29) is 16.5 Å². The molecule has 1 aliphatic heterocycles. The molecular weight excluding hydrogens is 437 g/mol. The molecule has 30 heavy (non-hydrogen) atoms. The Balaban J connectivity index is 1.63. The zero-order chi connectivity index (χ0) is 21.7. The molecule has 0 aliphatic carbocycles. The standard InChI is InChI=1S/C20H22ClF3N4OS/c1-2-14-5-3-4-8-28(14)17-10-19(26-12-25-17)30-11-18(29)27-16-9-13(20(22,23)24)6-7-15(16)21/h6-7,9-10,12,14H,2-5,8,11H2,1H3,(H,27,29). The van der Waals surface area contributed by atoms with Crippen molar-refractivity contribution < 1.29 is 18.0 Å². The van der Waals surface area contributed by atoms with E-state index >= 15 is 0 Å². The number of anilines is 2. The first kappa shape index (κ1) is 22.7. The van der Waals surface area contributed by atoms with E-state index in [2.05, 4.69) is 27.1 Å². The number of nitrogens with one attached hydrogen (secondary N) is 1. The minimum atomic E-state index is -4.51. The van der Waals surface area contributed by atoms with E-state index in [1.807, 2.05) is 6.07 Å². The molecule has 0 spiro atoms. The first-order chi connectivity index (χ1) is 14.3. The van der Waals surface area contributed by atoms with Gasteiger partial charge in [0.2, 0.25) is 5.91 Å². The van der Waals surface area contributed by atoms with Gasteiger partial charge in [-0.2, -0.15) is 13.2 Å². The van der Waals surface area contributed by atoms with Crippen LogP contribution in [0.3, 0.4) is 0 Å². The highest BCUT2D eigenvalue weighted by Gasteiger charge is 2.31. The van der Waals surface area contributed by atoms with Crippen molar-refractivity contribution in [1.29, 1.82) is 0 Å². The number of nitrogens with zero attached hydrogens (tertiary/aromatic N) is 3. The largest absolute Gasteiger partial charge is 0.416 e. The summed E-state index contributed by atoms with van der Waals surface area (Å²) in [5.41, 5.74) is -0.943. The van der Waals surface area contributed by atoms with Crippen LogP contribution in [0, 0.1) is 0 Å². The van der Waals surface area contributed by atoms with Crippen molar-refractivity contribution in [1.82, 2.24) is 9.97 Å². The number of piperidine rings is 1. The molecule has 1 atom stereocenters. The van der Waals surface area contributed by atoms with Crippen LogP contribution >= 0.6 is 23.4 Å². The molecule has 10 heteroatoms. The SMILES string of the molecule is CCC1CCCCN1c1cc(SCC(=O)Nc2cc(C(F)(F)F)ccc2Cl)ncn1. The smallest absolute Gasteiger partial charge is 0.354 e. The Morgan fingerprint density at radius 1 is 1.30 bits per heavy atom. The van der Waals surface area contributed by atoms with E-state index in [9.17, 15) is 18.0 Å². The molecule has 0 saturated carbocycles. The van der Waals surface area contributed by atoms with Gasteiger partial charge in [0.15, 0.2) is 0 Å². The molecule has 3 rings (SSSR count). The predicted octanol–water partition coefficient (Wildman–Crippen LogP) is 5.65. The Labute approximate surface area is 182 Å². The summed E-state index contributed by atoms with van der Waals surface area (Å²) in [6.07, 6.45) is 1.44. The van der Waals surface area contributed by atoms with Crippen LogP contribution in [-0.4, -0.2) is 34.2 Å². The highest BCUT2D eigenvalue weighted by atomic mass is 35.5. The molecule has 1 amide bonds. The van der Waals surface area contributed by atoms with Gasteiger partial charge in [0, 0.05) is 18.7 Å². The van der Waals surface area contributed by atoms with Gasteiger partial charge in [-0.15, -0.1) is 0 Å². The summed E-state index contributed by atoms with van der Waals surface area (Å²) in [5.74, 6) is 0.353. The number of carbonyl (C=O) groups excluding carboxylic acids is 1. The summed E-state index contributed by atoms with van der Waals surface area (Å²) in [6, 6.07) is 5.11. The molecule has 1 aromatic heterocycles. The maximum absolute atomic E-state index is 12.9. The Bertz CT molecular complexity index is 897. The average Bonchev–Trinajstić information content (AvgIpc) is 2.73. The molecule has 0 bridgehead atoms. The highest BCUT2D eigenvalue weighted by molar-refractivity contribution is 7.99. The lowest BCUT2D eigenvalue weighted by molar-refractivity contribution is -0.137. The third-order valence-corrected chi connectivity index (χ3v) is 6.19. The number of hydrogen-bond acceptors (Lipinski definition) is 5. The second-order valence-electron chi connectivity index (χ2n) is 6.99. The van der Waals surface area contributed by atoms with Crippen LogP contribution in [0.5, 0.6) is 0 Å². The summed E-state index contributed by atoms with van der Waals surface area (Å²) in [5, 5.41) is 3.11.